The molecular formula is C15H18O8. The van der Waals surface area contributed by atoms with Crippen LogP contribution >= 0.6 is 0 Å². The molecule has 23 heavy (non-hydrogen) atoms. The normalized spacial score (nSPS) is 31.2. The van der Waals surface area contributed by atoms with Gasteiger partial charge in [-0.05, 0) is 23.8 Å². The van der Waals surface area contributed by atoms with Crippen LogP contribution in [0.15, 0.2) is 30.3 Å². The van der Waals surface area contributed by atoms with Crippen molar-refractivity contribution in [1.29, 1.82) is 0 Å². The molecule has 0 aromatic heterocycles. The van der Waals surface area contributed by atoms with Crippen LogP contribution in [0.4, 0.5) is 0 Å². The molecule has 0 bridgehead atoms. The summed E-state index contributed by atoms with van der Waals surface area (Å²) in [5, 5.41) is 46.9. The molecule has 1 aromatic rings. The minimum Gasteiger partial charge on any atom is -0.478 e. The Bertz CT molecular complexity index is 553. The van der Waals surface area contributed by atoms with E-state index in [1.54, 1.807) is 12.1 Å². The summed E-state index contributed by atoms with van der Waals surface area (Å²) in [5.41, 5.74) is 0.633. The third-order valence-electron chi connectivity index (χ3n) is 3.40. The highest BCUT2D eigenvalue weighted by atomic mass is 16.7. The van der Waals surface area contributed by atoms with E-state index in [4.69, 9.17) is 19.7 Å². The van der Waals surface area contributed by atoms with Gasteiger partial charge >= 0.3 is 5.97 Å². The third kappa shape index (κ3) is 4.27. The van der Waals surface area contributed by atoms with Crippen molar-refractivity contribution in [2.75, 3.05) is 6.61 Å². The van der Waals surface area contributed by atoms with Crippen LogP contribution in [0.2, 0.25) is 0 Å². The van der Waals surface area contributed by atoms with Gasteiger partial charge in [-0.1, -0.05) is 12.1 Å². The van der Waals surface area contributed by atoms with Gasteiger partial charge in [0.1, 0.15) is 30.2 Å². The Kier molecular flexibility index (Phi) is 5.69. The Morgan fingerprint density at radius 3 is 2.35 bits per heavy atom. The molecule has 1 heterocycles. The molecule has 8 nitrogen and oxygen atoms in total. The van der Waals surface area contributed by atoms with Crippen molar-refractivity contribution in [3.05, 3.63) is 35.9 Å². The number of aliphatic hydroxyl groups is 4. The summed E-state index contributed by atoms with van der Waals surface area (Å²) in [7, 11) is 0. The minimum atomic E-state index is -1.51. The smallest absolute Gasteiger partial charge is 0.328 e. The maximum Gasteiger partial charge on any atom is 0.328 e. The Hall–Kier alpha value is -1.97. The molecule has 0 amide bonds. The van der Waals surface area contributed by atoms with Crippen LogP contribution in [0.5, 0.6) is 5.75 Å². The van der Waals surface area contributed by atoms with E-state index in [1.165, 1.54) is 18.2 Å². The second-order valence-corrected chi connectivity index (χ2v) is 5.06. The molecule has 1 saturated heterocycles. The van der Waals surface area contributed by atoms with Gasteiger partial charge in [-0.3, -0.25) is 0 Å². The molecule has 8 heteroatoms. The lowest BCUT2D eigenvalue weighted by Crippen LogP contribution is -2.60. The van der Waals surface area contributed by atoms with E-state index in [0.717, 1.165) is 6.08 Å². The van der Waals surface area contributed by atoms with E-state index in [0.29, 0.717) is 11.3 Å². The quantitative estimate of drug-likeness (QED) is 0.433. The average Bonchev–Trinajstić information content (AvgIpc) is 2.54. The Balaban J connectivity index is 2.04. The first-order valence-electron chi connectivity index (χ1n) is 6.90. The summed E-state index contributed by atoms with van der Waals surface area (Å²) in [4.78, 5) is 10.4. The van der Waals surface area contributed by atoms with Crippen molar-refractivity contribution in [2.24, 2.45) is 0 Å². The van der Waals surface area contributed by atoms with Gasteiger partial charge in [0, 0.05) is 6.08 Å². The molecule has 0 unspecified atom stereocenters. The fourth-order valence-electron chi connectivity index (χ4n) is 2.12. The summed E-state index contributed by atoms with van der Waals surface area (Å²) >= 11 is 0. The third-order valence-corrected chi connectivity index (χ3v) is 3.40. The van der Waals surface area contributed by atoms with Gasteiger partial charge in [-0.15, -0.1) is 0 Å². The predicted octanol–water partition coefficient (Wildman–Crippen LogP) is -1.04. The van der Waals surface area contributed by atoms with Crippen LogP contribution in [0.3, 0.4) is 0 Å². The van der Waals surface area contributed by atoms with Crippen LogP contribution in [-0.2, 0) is 9.53 Å². The lowest BCUT2D eigenvalue weighted by Gasteiger charge is -2.39. The molecule has 5 N–H and O–H groups in total. The first-order chi connectivity index (χ1) is 10.9. The van der Waals surface area contributed by atoms with Gasteiger partial charge in [0.25, 0.3) is 0 Å². The summed E-state index contributed by atoms with van der Waals surface area (Å²) in [6, 6.07) is 6.25. The molecule has 0 saturated carbocycles. The first-order valence-corrected chi connectivity index (χ1v) is 6.90. The molecule has 126 valence electrons. The number of aliphatic hydroxyl groups excluding tert-OH is 4. The number of carboxylic acids is 1. The van der Waals surface area contributed by atoms with Crippen molar-refractivity contribution in [3.8, 4) is 5.75 Å². The number of rotatable bonds is 5. The molecule has 1 aliphatic rings. The number of carboxylic acid groups (broad SMARTS) is 1. The van der Waals surface area contributed by atoms with Crippen molar-refractivity contribution in [2.45, 2.75) is 30.7 Å². The topological polar surface area (TPSA) is 137 Å². The second kappa shape index (κ2) is 7.53. The lowest BCUT2D eigenvalue weighted by atomic mass is 9.99. The predicted molar refractivity (Wildman–Crippen MR) is 77.5 cm³/mol. The van der Waals surface area contributed by atoms with Crippen LogP contribution in [-0.4, -0.2) is 68.8 Å². The minimum absolute atomic E-state index is 0.307. The number of hydrogen-bond acceptors (Lipinski definition) is 7. The van der Waals surface area contributed by atoms with Crippen molar-refractivity contribution >= 4 is 12.0 Å². The van der Waals surface area contributed by atoms with E-state index in [2.05, 4.69) is 0 Å². The van der Waals surface area contributed by atoms with E-state index in [1.807, 2.05) is 0 Å². The highest BCUT2D eigenvalue weighted by Gasteiger charge is 2.44. The van der Waals surface area contributed by atoms with Crippen LogP contribution in [0.1, 0.15) is 5.56 Å². The summed E-state index contributed by atoms with van der Waals surface area (Å²) in [6.45, 7) is -0.538. The van der Waals surface area contributed by atoms with E-state index in [9.17, 15) is 20.1 Å². The molecule has 5 atom stereocenters. The summed E-state index contributed by atoms with van der Waals surface area (Å²) in [6.07, 6.45) is -4.35. The fourth-order valence-corrected chi connectivity index (χ4v) is 2.12. The maximum absolute atomic E-state index is 10.4. The fraction of sp³-hybridized carbons (Fsp3) is 0.400. The zero-order chi connectivity index (χ0) is 17.0. The Morgan fingerprint density at radius 1 is 1.13 bits per heavy atom. The molecular weight excluding hydrogens is 308 g/mol. The number of ether oxygens (including phenoxy) is 2. The Morgan fingerprint density at radius 2 is 1.78 bits per heavy atom. The van der Waals surface area contributed by atoms with Crippen molar-refractivity contribution in [3.63, 3.8) is 0 Å². The maximum atomic E-state index is 10.4. The van der Waals surface area contributed by atoms with Crippen molar-refractivity contribution in [1.82, 2.24) is 0 Å². The standard InChI is InChI=1S/C15H18O8/c16-7-10-12(19)13(20)14(21)15(23-10)22-9-4-1-8(2-5-9)3-6-11(17)18/h1-6,10,12-16,19-21H,7H2,(H,17,18)/t10-,12-,13+,14-,15-/m1/s1. The number of hydrogen-bond donors (Lipinski definition) is 5. The lowest BCUT2D eigenvalue weighted by molar-refractivity contribution is -0.277. The van der Waals surface area contributed by atoms with Gasteiger partial charge < -0.3 is 35.0 Å². The monoisotopic (exact) mass is 326 g/mol. The van der Waals surface area contributed by atoms with Gasteiger partial charge in [0.05, 0.1) is 6.61 Å². The highest BCUT2D eigenvalue weighted by Crippen LogP contribution is 2.24. The SMILES string of the molecule is O=C(O)C=Cc1ccc(O[C@@H]2O[C@H](CO)[C@@H](O)[C@H](O)[C@H]2O)cc1. The van der Waals surface area contributed by atoms with Gasteiger partial charge in [0.15, 0.2) is 0 Å². The van der Waals surface area contributed by atoms with Crippen LogP contribution < -0.4 is 4.74 Å². The number of benzene rings is 1. The summed E-state index contributed by atoms with van der Waals surface area (Å²) in [5.74, 6) is -0.756. The van der Waals surface area contributed by atoms with Gasteiger partial charge in [0.2, 0.25) is 6.29 Å². The van der Waals surface area contributed by atoms with Gasteiger partial charge in [-0.2, -0.15) is 0 Å². The van der Waals surface area contributed by atoms with Gasteiger partial charge in [-0.25, -0.2) is 4.79 Å². The van der Waals surface area contributed by atoms with E-state index >= 15 is 0 Å². The van der Waals surface area contributed by atoms with Crippen molar-refractivity contribution < 1.29 is 39.8 Å². The number of aliphatic carboxylic acids is 1. The molecule has 1 fully saturated rings. The zero-order valence-corrected chi connectivity index (χ0v) is 12.0. The highest BCUT2D eigenvalue weighted by molar-refractivity contribution is 5.85. The second-order valence-electron chi connectivity index (χ2n) is 5.06. The molecule has 1 aliphatic heterocycles. The van der Waals surface area contributed by atoms with E-state index in [-0.39, 0.29) is 0 Å². The molecule has 0 aliphatic carbocycles. The Labute approximate surface area is 131 Å². The molecule has 2 rings (SSSR count). The molecule has 0 radical (unpaired) electrons. The number of carbonyl (C=O) groups is 1. The van der Waals surface area contributed by atoms with Crippen LogP contribution in [0, 0.1) is 0 Å². The first kappa shape index (κ1) is 17.4. The zero-order valence-electron chi connectivity index (χ0n) is 12.0. The molecule has 0 spiro atoms. The molecule has 1 aromatic carbocycles. The summed E-state index contributed by atoms with van der Waals surface area (Å²) < 4.78 is 10.6. The largest absolute Gasteiger partial charge is 0.478 e. The van der Waals surface area contributed by atoms with Crippen LogP contribution in [0.25, 0.3) is 6.08 Å². The average molecular weight is 326 g/mol. The van der Waals surface area contributed by atoms with E-state index < -0.39 is 43.3 Å².